The maximum atomic E-state index is 11.9. The Morgan fingerprint density at radius 3 is 2.50 bits per heavy atom. The van der Waals surface area contributed by atoms with Gasteiger partial charge in [0.05, 0.1) is 0 Å². The average Bonchev–Trinajstić information content (AvgIpc) is 2.42. The van der Waals surface area contributed by atoms with Crippen molar-refractivity contribution in [1.29, 1.82) is 0 Å². The highest BCUT2D eigenvalue weighted by Gasteiger charge is 2.04. The minimum atomic E-state index is -0.0740. The molecule has 3 nitrogen and oxygen atoms in total. The minimum absolute atomic E-state index is 0.0740. The maximum Gasteiger partial charge on any atom is 0.225 e. The van der Waals surface area contributed by atoms with Gasteiger partial charge in [0.25, 0.3) is 0 Å². The smallest absolute Gasteiger partial charge is 0.225 e. The third-order valence-corrected chi connectivity index (χ3v) is 3.52. The zero-order valence-electron chi connectivity index (χ0n) is 12.3. The summed E-state index contributed by atoms with van der Waals surface area (Å²) in [5.41, 5.74) is 3.05. The van der Waals surface area contributed by atoms with Crippen LogP contribution in [0.2, 0.25) is 10.0 Å². The number of hydrogen-bond donors (Lipinski definition) is 2. The first-order valence-corrected chi connectivity index (χ1v) is 7.81. The van der Waals surface area contributed by atoms with E-state index in [-0.39, 0.29) is 5.91 Å². The van der Waals surface area contributed by atoms with Crippen LogP contribution in [0.15, 0.2) is 42.5 Å². The Bertz CT molecular complexity index is 639. The molecule has 0 radical (unpaired) electrons. The van der Waals surface area contributed by atoms with Gasteiger partial charge in [0, 0.05) is 35.2 Å². The highest BCUT2D eigenvalue weighted by Crippen LogP contribution is 2.22. The number of anilines is 1. The summed E-state index contributed by atoms with van der Waals surface area (Å²) in [6.45, 7) is 3.42. The van der Waals surface area contributed by atoms with E-state index in [4.69, 9.17) is 23.2 Å². The lowest BCUT2D eigenvalue weighted by atomic mass is 10.1. The molecule has 2 rings (SSSR count). The van der Waals surface area contributed by atoms with Gasteiger partial charge >= 0.3 is 0 Å². The molecule has 0 aromatic heterocycles. The Kier molecular flexibility index (Phi) is 6.25. The molecular formula is C17H18Cl2N2O. The highest BCUT2D eigenvalue weighted by molar-refractivity contribution is 6.35. The fraction of sp³-hybridized carbons (Fsp3) is 0.235. The molecule has 0 aliphatic rings. The zero-order chi connectivity index (χ0) is 15.9. The van der Waals surface area contributed by atoms with Gasteiger partial charge in [0.15, 0.2) is 0 Å². The molecule has 116 valence electrons. The van der Waals surface area contributed by atoms with Crippen molar-refractivity contribution < 1.29 is 4.79 Å². The first kappa shape index (κ1) is 16.8. The van der Waals surface area contributed by atoms with Gasteiger partial charge in [-0.1, -0.05) is 53.0 Å². The molecule has 0 unspecified atom stereocenters. The lowest BCUT2D eigenvalue weighted by molar-refractivity contribution is -0.116. The van der Waals surface area contributed by atoms with E-state index in [0.717, 1.165) is 6.54 Å². The maximum absolute atomic E-state index is 11.9. The lowest BCUT2D eigenvalue weighted by Crippen LogP contribution is -2.21. The Morgan fingerprint density at radius 2 is 1.82 bits per heavy atom. The fourth-order valence-electron chi connectivity index (χ4n) is 2.11. The Hall–Kier alpha value is -1.55. The first-order valence-electron chi connectivity index (χ1n) is 7.05. The number of carbonyl (C=O) groups is 1. The van der Waals surface area contributed by atoms with Crippen molar-refractivity contribution >= 4 is 34.8 Å². The molecule has 0 aliphatic carbocycles. The number of halogens is 2. The fourth-order valence-corrected chi connectivity index (χ4v) is 2.63. The summed E-state index contributed by atoms with van der Waals surface area (Å²) in [6.07, 6.45) is 0.385. The molecule has 0 saturated heterocycles. The number of nitrogens with one attached hydrogen (secondary N) is 2. The van der Waals surface area contributed by atoms with Gasteiger partial charge in [0.1, 0.15) is 0 Å². The Morgan fingerprint density at radius 1 is 1.09 bits per heavy atom. The molecule has 2 aromatic carbocycles. The molecule has 2 aromatic rings. The van der Waals surface area contributed by atoms with Crippen LogP contribution in [0.3, 0.4) is 0 Å². The normalized spacial score (nSPS) is 10.5. The summed E-state index contributed by atoms with van der Waals surface area (Å²) >= 11 is 11.8. The van der Waals surface area contributed by atoms with E-state index in [2.05, 4.69) is 35.8 Å². The third kappa shape index (κ3) is 5.68. The standard InChI is InChI=1S/C17H18Cl2N2O/c1-12-3-2-4-13(7-12)11-20-6-5-17(22)21-16-9-14(18)8-15(19)10-16/h2-4,7-10,20H,5-6,11H2,1H3,(H,21,22). The van der Waals surface area contributed by atoms with Crippen molar-refractivity contribution in [2.24, 2.45) is 0 Å². The Labute approximate surface area is 140 Å². The first-order chi connectivity index (χ1) is 10.5. The van der Waals surface area contributed by atoms with Crippen LogP contribution >= 0.6 is 23.2 Å². The predicted molar refractivity (Wildman–Crippen MR) is 92.6 cm³/mol. The molecule has 2 N–H and O–H groups in total. The summed E-state index contributed by atoms with van der Waals surface area (Å²) in [4.78, 5) is 11.9. The molecule has 22 heavy (non-hydrogen) atoms. The van der Waals surface area contributed by atoms with Gasteiger partial charge in [0.2, 0.25) is 5.91 Å². The molecule has 5 heteroatoms. The molecule has 1 amide bonds. The van der Waals surface area contributed by atoms with Crippen LogP contribution in [0.5, 0.6) is 0 Å². The van der Waals surface area contributed by atoms with E-state index in [1.807, 2.05) is 6.07 Å². The van der Waals surface area contributed by atoms with Gasteiger partial charge < -0.3 is 10.6 Å². The summed E-state index contributed by atoms with van der Waals surface area (Å²) in [6, 6.07) is 13.3. The second kappa shape index (κ2) is 8.18. The molecule has 0 spiro atoms. The number of benzene rings is 2. The van der Waals surface area contributed by atoms with Crippen LogP contribution < -0.4 is 10.6 Å². The van der Waals surface area contributed by atoms with E-state index in [1.54, 1.807) is 18.2 Å². The van der Waals surface area contributed by atoms with Crippen LogP contribution in [0.1, 0.15) is 17.5 Å². The Balaban J connectivity index is 1.74. The van der Waals surface area contributed by atoms with E-state index in [1.165, 1.54) is 11.1 Å². The summed E-state index contributed by atoms with van der Waals surface area (Å²) < 4.78 is 0. The van der Waals surface area contributed by atoms with Crippen LogP contribution in [0.25, 0.3) is 0 Å². The molecule has 0 aliphatic heterocycles. The topological polar surface area (TPSA) is 41.1 Å². The van der Waals surface area contributed by atoms with Gasteiger partial charge in [-0.15, -0.1) is 0 Å². The van der Waals surface area contributed by atoms with Crippen molar-refractivity contribution in [3.63, 3.8) is 0 Å². The largest absolute Gasteiger partial charge is 0.326 e. The monoisotopic (exact) mass is 336 g/mol. The zero-order valence-corrected chi connectivity index (χ0v) is 13.8. The molecular weight excluding hydrogens is 319 g/mol. The number of amides is 1. The van der Waals surface area contributed by atoms with Crippen molar-refractivity contribution in [2.75, 3.05) is 11.9 Å². The quantitative estimate of drug-likeness (QED) is 0.766. The minimum Gasteiger partial charge on any atom is -0.326 e. The summed E-state index contributed by atoms with van der Waals surface area (Å²) in [5, 5.41) is 7.04. The second-order valence-corrected chi connectivity index (χ2v) is 6.00. The predicted octanol–water partition coefficient (Wildman–Crippen LogP) is 4.42. The van der Waals surface area contributed by atoms with E-state index < -0.39 is 0 Å². The van der Waals surface area contributed by atoms with Gasteiger partial charge in [-0.2, -0.15) is 0 Å². The average molecular weight is 337 g/mol. The number of rotatable bonds is 6. The van der Waals surface area contributed by atoms with Crippen LogP contribution in [0, 0.1) is 6.92 Å². The van der Waals surface area contributed by atoms with Crippen LogP contribution in [-0.4, -0.2) is 12.5 Å². The number of carbonyl (C=O) groups excluding carboxylic acids is 1. The lowest BCUT2D eigenvalue weighted by Gasteiger charge is -2.08. The third-order valence-electron chi connectivity index (χ3n) is 3.09. The van der Waals surface area contributed by atoms with Crippen LogP contribution in [0.4, 0.5) is 5.69 Å². The van der Waals surface area contributed by atoms with Gasteiger partial charge in [-0.25, -0.2) is 0 Å². The summed E-state index contributed by atoms with van der Waals surface area (Å²) in [7, 11) is 0. The van der Waals surface area contributed by atoms with Crippen molar-refractivity contribution in [3.8, 4) is 0 Å². The molecule has 0 bridgehead atoms. The molecule has 0 atom stereocenters. The number of hydrogen-bond acceptors (Lipinski definition) is 2. The SMILES string of the molecule is Cc1cccc(CNCCC(=O)Nc2cc(Cl)cc(Cl)c2)c1. The van der Waals surface area contributed by atoms with Crippen molar-refractivity contribution in [2.45, 2.75) is 19.9 Å². The second-order valence-electron chi connectivity index (χ2n) is 5.12. The molecule has 0 heterocycles. The van der Waals surface area contributed by atoms with Gasteiger partial charge in [-0.05, 0) is 30.7 Å². The van der Waals surface area contributed by atoms with E-state index in [9.17, 15) is 4.79 Å². The van der Waals surface area contributed by atoms with Crippen molar-refractivity contribution in [1.82, 2.24) is 5.32 Å². The van der Waals surface area contributed by atoms with E-state index in [0.29, 0.717) is 28.7 Å². The van der Waals surface area contributed by atoms with Crippen molar-refractivity contribution in [3.05, 3.63) is 63.6 Å². The van der Waals surface area contributed by atoms with Gasteiger partial charge in [-0.3, -0.25) is 4.79 Å². The molecule has 0 saturated carbocycles. The molecule has 0 fully saturated rings. The highest BCUT2D eigenvalue weighted by atomic mass is 35.5. The summed E-state index contributed by atoms with van der Waals surface area (Å²) in [5.74, 6) is -0.0740. The van der Waals surface area contributed by atoms with Crippen LogP contribution in [-0.2, 0) is 11.3 Å². The number of aryl methyl sites for hydroxylation is 1. The van der Waals surface area contributed by atoms with E-state index >= 15 is 0 Å².